The lowest BCUT2D eigenvalue weighted by atomic mass is 9.81. The minimum Gasteiger partial charge on any atom is -0.0760 e. The number of hydrogen-bond donors (Lipinski definition) is 0. The maximum absolute atomic E-state index is 2.39. The Hall–Kier alpha value is -2.86. The Morgan fingerprint density at radius 2 is 1.38 bits per heavy atom. The molecule has 0 amide bonds. The van der Waals surface area contributed by atoms with E-state index in [1.54, 1.807) is 0 Å². The molecule has 0 heterocycles. The Kier molecular flexibility index (Phi) is 3.46. The monoisotopic (exact) mass is 334 g/mol. The van der Waals surface area contributed by atoms with Crippen LogP contribution in [0, 0.1) is 13.8 Å². The van der Waals surface area contributed by atoms with Gasteiger partial charge in [-0.3, -0.25) is 0 Å². The highest BCUT2D eigenvalue weighted by molar-refractivity contribution is 6.06. The summed E-state index contributed by atoms with van der Waals surface area (Å²) < 4.78 is 0. The quantitative estimate of drug-likeness (QED) is 0.330. The lowest BCUT2D eigenvalue weighted by Gasteiger charge is -2.23. The van der Waals surface area contributed by atoms with Crippen LogP contribution in [0.1, 0.15) is 33.7 Å². The molecule has 0 spiro atoms. The first-order valence-corrected chi connectivity index (χ1v) is 9.40. The van der Waals surface area contributed by atoms with Crippen LogP contribution in [0.4, 0.5) is 0 Å². The molecule has 1 aliphatic rings. The Bertz CT molecular complexity index is 1180. The van der Waals surface area contributed by atoms with E-state index in [1.807, 2.05) is 0 Å². The van der Waals surface area contributed by atoms with Gasteiger partial charge < -0.3 is 0 Å². The second kappa shape index (κ2) is 5.85. The molecule has 0 heteroatoms. The average molecular weight is 334 g/mol. The molecule has 4 aromatic rings. The standard InChI is InChI=1S/C26H22/c1-17-22-10-5-6-11-23(22)18(2)26-24(17)12-7-13-25(26)21-15-14-19-8-3-4-9-20(19)16-21/h3-15,21H,16H2,1-2H3. The zero-order chi connectivity index (χ0) is 17.7. The van der Waals surface area contributed by atoms with E-state index < -0.39 is 0 Å². The first kappa shape index (κ1) is 15.4. The van der Waals surface area contributed by atoms with Gasteiger partial charge >= 0.3 is 0 Å². The van der Waals surface area contributed by atoms with Gasteiger partial charge in [0.25, 0.3) is 0 Å². The fraction of sp³-hybridized carbons (Fsp3) is 0.154. The number of fused-ring (bicyclic) bond motifs is 3. The number of aryl methyl sites for hydroxylation is 2. The van der Waals surface area contributed by atoms with Crippen molar-refractivity contribution in [1.82, 2.24) is 0 Å². The summed E-state index contributed by atoms with van der Waals surface area (Å²) >= 11 is 0. The molecule has 0 aromatic heterocycles. The van der Waals surface area contributed by atoms with E-state index in [0.717, 1.165) is 6.42 Å². The third kappa shape index (κ3) is 2.22. The molecule has 0 fully saturated rings. The number of allylic oxidation sites excluding steroid dienone is 1. The topological polar surface area (TPSA) is 0 Å². The molecular formula is C26H22. The highest BCUT2D eigenvalue weighted by atomic mass is 14.2. The molecule has 4 aromatic carbocycles. The molecule has 0 radical (unpaired) electrons. The van der Waals surface area contributed by atoms with Crippen LogP contribution in [0.15, 0.2) is 72.8 Å². The van der Waals surface area contributed by atoms with E-state index in [4.69, 9.17) is 0 Å². The van der Waals surface area contributed by atoms with Crippen LogP contribution in [-0.2, 0) is 6.42 Å². The molecule has 0 saturated heterocycles. The molecule has 1 aliphatic carbocycles. The second-order valence-corrected chi connectivity index (χ2v) is 7.43. The van der Waals surface area contributed by atoms with E-state index in [2.05, 4.69) is 92.7 Å². The second-order valence-electron chi connectivity index (χ2n) is 7.43. The van der Waals surface area contributed by atoms with E-state index in [-0.39, 0.29) is 0 Å². The summed E-state index contributed by atoms with van der Waals surface area (Å²) in [5, 5.41) is 5.59. The van der Waals surface area contributed by atoms with Gasteiger partial charge in [0.1, 0.15) is 0 Å². The molecule has 0 bridgehead atoms. The zero-order valence-corrected chi connectivity index (χ0v) is 15.3. The first-order valence-electron chi connectivity index (χ1n) is 9.40. The van der Waals surface area contributed by atoms with Crippen molar-refractivity contribution in [2.75, 3.05) is 0 Å². The predicted molar refractivity (Wildman–Crippen MR) is 113 cm³/mol. The van der Waals surface area contributed by atoms with Crippen molar-refractivity contribution in [2.24, 2.45) is 0 Å². The van der Waals surface area contributed by atoms with Gasteiger partial charge in [-0.05, 0) is 69.6 Å². The highest BCUT2D eigenvalue weighted by Gasteiger charge is 2.19. The number of benzene rings is 4. The summed E-state index contributed by atoms with van der Waals surface area (Å²) in [5.41, 5.74) is 7.07. The molecular weight excluding hydrogens is 312 g/mol. The van der Waals surface area contributed by atoms with E-state index in [0.29, 0.717) is 5.92 Å². The summed E-state index contributed by atoms with van der Waals surface area (Å²) in [6, 6.07) is 24.4. The van der Waals surface area contributed by atoms with Crippen molar-refractivity contribution in [2.45, 2.75) is 26.2 Å². The van der Waals surface area contributed by atoms with Gasteiger partial charge in [-0.2, -0.15) is 0 Å². The first-order chi connectivity index (χ1) is 12.7. The Morgan fingerprint density at radius 3 is 2.23 bits per heavy atom. The minimum atomic E-state index is 0.438. The summed E-state index contributed by atoms with van der Waals surface area (Å²) in [5.74, 6) is 0.438. The zero-order valence-electron chi connectivity index (χ0n) is 15.3. The molecule has 1 unspecified atom stereocenters. The third-order valence-electron chi connectivity index (χ3n) is 6.01. The molecule has 26 heavy (non-hydrogen) atoms. The van der Waals surface area contributed by atoms with Crippen LogP contribution < -0.4 is 0 Å². The smallest absolute Gasteiger partial charge is 0.00681 e. The van der Waals surface area contributed by atoms with Crippen LogP contribution in [0.5, 0.6) is 0 Å². The molecule has 0 N–H and O–H groups in total. The van der Waals surface area contributed by atoms with Crippen LogP contribution >= 0.6 is 0 Å². The Balaban J connectivity index is 1.78. The largest absolute Gasteiger partial charge is 0.0760 e. The maximum atomic E-state index is 2.39. The van der Waals surface area contributed by atoms with Gasteiger partial charge in [0, 0.05) is 5.92 Å². The summed E-state index contributed by atoms with van der Waals surface area (Å²) in [7, 11) is 0. The molecule has 126 valence electrons. The SMILES string of the molecule is Cc1c2ccccc2c(C)c2c(C3C=Cc4ccccc4C3)cccc12. The minimum absolute atomic E-state index is 0.438. The number of rotatable bonds is 1. The van der Waals surface area contributed by atoms with Crippen molar-refractivity contribution in [3.8, 4) is 0 Å². The van der Waals surface area contributed by atoms with Crippen LogP contribution in [-0.4, -0.2) is 0 Å². The summed E-state index contributed by atoms with van der Waals surface area (Å²) in [6.07, 6.45) is 5.77. The fourth-order valence-electron chi connectivity index (χ4n) is 4.65. The normalized spacial score (nSPS) is 16.2. The molecule has 5 rings (SSSR count). The van der Waals surface area contributed by atoms with E-state index in [9.17, 15) is 0 Å². The highest BCUT2D eigenvalue weighted by Crippen LogP contribution is 2.39. The molecule has 0 saturated carbocycles. The van der Waals surface area contributed by atoms with Gasteiger partial charge in [-0.25, -0.2) is 0 Å². The van der Waals surface area contributed by atoms with Gasteiger partial charge in [0.05, 0.1) is 0 Å². The van der Waals surface area contributed by atoms with Gasteiger partial charge in [0.15, 0.2) is 0 Å². The van der Waals surface area contributed by atoms with Gasteiger partial charge in [0.2, 0.25) is 0 Å². The predicted octanol–water partition coefficient (Wildman–Crippen LogP) is 6.96. The fourth-order valence-corrected chi connectivity index (χ4v) is 4.65. The van der Waals surface area contributed by atoms with Gasteiger partial charge in [-0.15, -0.1) is 0 Å². The van der Waals surface area contributed by atoms with Crippen molar-refractivity contribution in [1.29, 1.82) is 0 Å². The number of hydrogen-bond acceptors (Lipinski definition) is 0. The lowest BCUT2D eigenvalue weighted by Crippen LogP contribution is -2.07. The Morgan fingerprint density at radius 1 is 0.692 bits per heavy atom. The van der Waals surface area contributed by atoms with Crippen molar-refractivity contribution in [3.05, 3.63) is 101 Å². The summed E-state index contributed by atoms with van der Waals surface area (Å²) in [4.78, 5) is 0. The van der Waals surface area contributed by atoms with Crippen LogP contribution in [0.25, 0.3) is 27.6 Å². The maximum Gasteiger partial charge on any atom is 0.00681 e. The lowest BCUT2D eigenvalue weighted by molar-refractivity contribution is 0.834. The summed E-state index contributed by atoms with van der Waals surface area (Å²) in [6.45, 7) is 4.55. The van der Waals surface area contributed by atoms with Crippen LogP contribution in [0.3, 0.4) is 0 Å². The van der Waals surface area contributed by atoms with E-state index in [1.165, 1.54) is 49.4 Å². The Labute approximate surface area is 154 Å². The van der Waals surface area contributed by atoms with Gasteiger partial charge in [-0.1, -0.05) is 78.9 Å². The van der Waals surface area contributed by atoms with Crippen molar-refractivity contribution >= 4 is 27.6 Å². The molecule has 0 nitrogen and oxygen atoms in total. The third-order valence-corrected chi connectivity index (χ3v) is 6.01. The molecule has 0 aliphatic heterocycles. The van der Waals surface area contributed by atoms with Crippen molar-refractivity contribution in [3.63, 3.8) is 0 Å². The van der Waals surface area contributed by atoms with Crippen molar-refractivity contribution < 1.29 is 0 Å². The van der Waals surface area contributed by atoms with E-state index >= 15 is 0 Å². The van der Waals surface area contributed by atoms with Crippen LogP contribution in [0.2, 0.25) is 0 Å². The molecule has 1 atom stereocenters. The average Bonchev–Trinajstić information content (AvgIpc) is 2.71.